The van der Waals surface area contributed by atoms with Crippen LogP contribution in [0, 0.1) is 0 Å². The first-order chi connectivity index (χ1) is 10.8. The smallest absolute Gasteiger partial charge is 0.0691 e. The molecule has 3 rings (SSSR count). The van der Waals surface area contributed by atoms with Gasteiger partial charge in [-0.25, -0.2) is 0 Å². The minimum Gasteiger partial charge on any atom is -0.0691 e. The molecule has 0 N–H and O–H groups in total. The summed E-state index contributed by atoms with van der Waals surface area (Å²) in [4.78, 5) is 0. The minimum atomic E-state index is -0.346. The molecule has 2 aliphatic carbocycles. The summed E-state index contributed by atoms with van der Waals surface area (Å²) in [6.45, 7) is 4.97. The predicted octanol–water partition coefficient (Wildman–Crippen LogP) is 5.42. The van der Waals surface area contributed by atoms with Crippen molar-refractivity contribution in [3.05, 3.63) is 24.3 Å². The van der Waals surface area contributed by atoms with E-state index >= 15 is 0 Å². The number of benzene rings is 1. The van der Waals surface area contributed by atoms with Crippen molar-refractivity contribution >= 4 is 27.2 Å². The first-order valence-corrected chi connectivity index (χ1v) is 13.4. The minimum absolute atomic E-state index is 0.0801. The van der Waals surface area contributed by atoms with Crippen LogP contribution in [0.25, 0.3) is 0 Å². The van der Waals surface area contributed by atoms with E-state index in [2.05, 4.69) is 37.4 Å². The van der Waals surface area contributed by atoms with E-state index in [0.717, 1.165) is 11.3 Å². The summed E-state index contributed by atoms with van der Waals surface area (Å²) in [6, 6.07) is 9.60. The quantitative estimate of drug-likeness (QED) is 0.510. The molecule has 2 fully saturated rings. The molecule has 1 radical (unpaired) electrons. The van der Waals surface area contributed by atoms with E-state index in [1.165, 1.54) is 64.2 Å². The third-order valence-electron chi connectivity index (χ3n) is 5.66. The second kappa shape index (κ2) is 8.11. The Bertz CT molecular complexity index is 441. The molecule has 0 aromatic heterocycles. The van der Waals surface area contributed by atoms with Crippen molar-refractivity contribution in [2.45, 2.75) is 88.6 Å². The third-order valence-corrected chi connectivity index (χ3v) is 10.9. The fourth-order valence-corrected chi connectivity index (χ4v) is 10.5. The fraction of sp³-hybridized carbons (Fsp3) is 0.700. The zero-order valence-electron chi connectivity index (χ0n) is 14.5. The summed E-state index contributed by atoms with van der Waals surface area (Å²) in [5, 5.41) is 3.59. The van der Waals surface area contributed by atoms with Crippen LogP contribution in [0.4, 0.5) is 0 Å². The predicted molar refractivity (Wildman–Crippen MR) is 104 cm³/mol. The van der Waals surface area contributed by atoms with Gasteiger partial charge in [0.15, 0.2) is 0 Å². The van der Waals surface area contributed by atoms with Crippen LogP contribution in [0.2, 0.25) is 13.1 Å². The molecule has 2 heteroatoms. The van der Waals surface area contributed by atoms with Gasteiger partial charge in [-0.15, -0.1) is 0 Å². The molecule has 0 nitrogen and oxygen atoms in total. The molecule has 0 spiro atoms. The van der Waals surface area contributed by atoms with Crippen molar-refractivity contribution in [1.82, 2.24) is 0 Å². The lowest BCUT2D eigenvalue weighted by molar-refractivity contribution is 0.487. The molecule has 121 valence electrons. The first-order valence-electron chi connectivity index (χ1n) is 9.45. The summed E-state index contributed by atoms with van der Waals surface area (Å²) < 4.78 is 0. The van der Waals surface area contributed by atoms with E-state index in [9.17, 15) is 0 Å². The summed E-state index contributed by atoms with van der Waals surface area (Å²) in [6.07, 6.45) is 15.0. The van der Waals surface area contributed by atoms with Crippen LogP contribution in [0.1, 0.15) is 64.2 Å². The van der Waals surface area contributed by atoms with Crippen LogP contribution in [-0.2, 0) is 0 Å². The van der Waals surface area contributed by atoms with Gasteiger partial charge in [0.1, 0.15) is 0 Å². The summed E-state index contributed by atoms with van der Waals surface area (Å²) in [5.41, 5.74) is 2.07. The average molecular weight is 332 g/mol. The van der Waals surface area contributed by atoms with Crippen molar-refractivity contribution in [2.24, 2.45) is 0 Å². The Morgan fingerprint density at radius 1 is 0.773 bits per heavy atom. The Kier molecular flexibility index (Phi) is 6.16. The largest absolute Gasteiger partial charge is 0.0800 e. The van der Waals surface area contributed by atoms with Crippen LogP contribution in [0.3, 0.4) is 0 Å². The lowest BCUT2D eigenvalue weighted by atomic mass is 9.99. The molecule has 2 aliphatic rings. The van der Waals surface area contributed by atoms with E-state index in [0.29, 0.717) is 0 Å². The molecule has 0 unspecified atom stereocenters. The van der Waals surface area contributed by atoms with Crippen LogP contribution in [0.15, 0.2) is 24.3 Å². The van der Waals surface area contributed by atoms with Crippen molar-refractivity contribution in [3.8, 4) is 0 Å². The SMILES string of the molecule is C[Si](C)c1ccccc1P(C1CCCCC1)C1CCCCC1. The van der Waals surface area contributed by atoms with Crippen molar-refractivity contribution in [2.75, 3.05) is 0 Å². The molecule has 1 aromatic rings. The van der Waals surface area contributed by atoms with Crippen LogP contribution in [-0.4, -0.2) is 20.1 Å². The van der Waals surface area contributed by atoms with Crippen LogP contribution in [0.5, 0.6) is 0 Å². The summed E-state index contributed by atoms with van der Waals surface area (Å²) >= 11 is 0. The highest BCUT2D eigenvalue weighted by Gasteiger charge is 2.33. The molecule has 1 aromatic carbocycles. The van der Waals surface area contributed by atoms with Gasteiger partial charge in [0.25, 0.3) is 0 Å². The Morgan fingerprint density at radius 2 is 1.27 bits per heavy atom. The topological polar surface area (TPSA) is 0 Å². The fourth-order valence-electron chi connectivity index (χ4n) is 4.53. The maximum atomic E-state index is 2.53. The lowest BCUT2D eigenvalue weighted by Gasteiger charge is -2.40. The van der Waals surface area contributed by atoms with E-state index in [1.807, 2.05) is 5.30 Å². The highest BCUT2D eigenvalue weighted by atomic mass is 31.1. The normalized spacial score (nSPS) is 21.6. The molecule has 0 saturated heterocycles. The first kappa shape index (κ1) is 16.7. The van der Waals surface area contributed by atoms with Gasteiger partial charge in [-0.3, -0.25) is 0 Å². The molecule has 22 heavy (non-hydrogen) atoms. The van der Waals surface area contributed by atoms with Gasteiger partial charge in [-0.1, -0.05) is 89.0 Å². The van der Waals surface area contributed by atoms with Gasteiger partial charge >= 0.3 is 0 Å². The van der Waals surface area contributed by atoms with E-state index in [4.69, 9.17) is 0 Å². The highest BCUT2D eigenvalue weighted by molar-refractivity contribution is 7.67. The van der Waals surface area contributed by atoms with Crippen molar-refractivity contribution in [3.63, 3.8) is 0 Å². The third kappa shape index (κ3) is 3.85. The van der Waals surface area contributed by atoms with E-state index in [-0.39, 0.29) is 16.7 Å². The van der Waals surface area contributed by atoms with Crippen molar-refractivity contribution in [1.29, 1.82) is 0 Å². The standard InChI is InChI=1S/C20H32PSi/c1-22(2)20-16-10-9-15-19(20)21(17-11-5-3-6-12-17)18-13-7-4-8-14-18/h9-10,15-18H,3-8,11-14H2,1-2H3. The maximum Gasteiger partial charge on any atom is 0.0800 e. The number of rotatable bonds is 4. The monoisotopic (exact) mass is 331 g/mol. The van der Waals surface area contributed by atoms with Gasteiger partial charge in [-0.05, 0) is 42.3 Å². The van der Waals surface area contributed by atoms with Gasteiger partial charge in [0.2, 0.25) is 0 Å². The highest BCUT2D eigenvalue weighted by Crippen LogP contribution is 2.54. The molecular weight excluding hydrogens is 299 g/mol. The van der Waals surface area contributed by atoms with Gasteiger partial charge < -0.3 is 0 Å². The molecule has 0 aliphatic heterocycles. The second-order valence-corrected chi connectivity index (χ2v) is 12.8. The number of hydrogen-bond donors (Lipinski definition) is 0. The van der Waals surface area contributed by atoms with Crippen LogP contribution >= 0.6 is 7.92 Å². The molecule has 0 heterocycles. The zero-order valence-corrected chi connectivity index (χ0v) is 16.4. The van der Waals surface area contributed by atoms with E-state index in [1.54, 1.807) is 5.19 Å². The van der Waals surface area contributed by atoms with Crippen molar-refractivity contribution < 1.29 is 0 Å². The number of hydrogen-bond acceptors (Lipinski definition) is 0. The molecule has 2 saturated carbocycles. The Balaban J connectivity index is 1.93. The Hall–Kier alpha value is -0.133. The molecule has 0 atom stereocenters. The molecular formula is C20H32PSi. The second-order valence-electron chi connectivity index (χ2n) is 7.51. The van der Waals surface area contributed by atoms with Gasteiger partial charge in [0.05, 0.1) is 8.80 Å². The lowest BCUT2D eigenvalue weighted by Crippen LogP contribution is -2.39. The average Bonchev–Trinajstić information content (AvgIpc) is 2.57. The zero-order chi connectivity index (χ0) is 15.4. The van der Waals surface area contributed by atoms with Gasteiger partial charge in [0, 0.05) is 0 Å². The van der Waals surface area contributed by atoms with Crippen LogP contribution < -0.4 is 10.5 Å². The van der Waals surface area contributed by atoms with Gasteiger partial charge in [-0.2, -0.15) is 0 Å². The molecule has 0 bridgehead atoms. The maximum absolute atomic E-state index is 2.53. The summed E-state index contributed by atoms with van der Waals surface area (Å²) in [7, 11) is -0.265. The Morgan fingerprint density at radius 3 is 1.77 bits per heavy atom. The Labute approximate surface area is 140 Å². The summed E-state index contributed by atoms with van der Waals surface area (Å²) in [5.74, 6) is 0. The molecule has 0 amide bonds. The van der Waals surface area contributed by atoms with E-state index < -0.39 is 0 Å².